The number of aryl methyl sites for hydroxylation is 2. The van der Waals surface area contributed by atoms with Crippen molar-refractivity contribution in [2.24, 2.45) is 0 Å². The minimum absolute atomic E-state index is 0.346. The Morgan fingerprint density at radius 3 is 2.44 bits per heavy atom. The highest BCUT2D eigenvalue weighted by atomic mass is 16.6. The fourth-order valence-corrected chi connectivity index (χ4v) is 2.33. The van der Waals surface area contributed by atoms with E-state index in [0.29, 0.717) is 17.9 Å². The molecule has 0 radical (unpaired) electrons. The molecule has 0 fully saturated rings. The molecule has 1 N–H and O–H groups in total. The summed E-state index contributed by atoms with van der Waals surface area (Å²) in [5, 5.41) is 2.74. The number of rotatable bonds is 7. The minimum atomic E-state index is -0.740. The Balaban J connectivity index is 1.86. The van der Waals surface area contributed by atoms with E-state index >= 15 is 0 Å². The molecule has 0 aliphatic heterocycles. The molecule has 0 aromatic heterocycles. The molecule has 0 spiro atoms. The highest BCUT2D eigenvalue weighted by molar-refractivity contribution is 5.93. The first-order chi connectivity index (χ1) is 12.0. The molecule has 0 aliphatic carbocycles. The van der Waals surface area contributed by atoms with E-state index in [0.717, 1.165) is 11.1 Å². The van der Waals surface area contributed by atoms with Crippen LogP contribution in [-0.4, -0.2) is 24.6 Å². The summed E-state index contributed by atoms with van der Waals surface area (Å²) in [5.74, 6) is -0.344. The Kier molecular flexibility index (Phi) is 6.57. The number of ether oxygens (including phenoxy) is 2. The maximum atomic E-state index is 12.1. The second-order valence-corrected chi connectivity index (χ2v) is 5.80. The molecule has 1 amide bonds. The minimum Gasteiger partial charge on any atom is -0.479 e. The average molecular weight is 341 g/mol. The van der Waals surface area contributed by atoms with Crippen LogP contribution in [0.3, 0.4) is 0 Å². The van der Waals surface area contributed by atoms with Gasteiger partial charge in [-0.05, 0) is 44.0 Å². The van der Waals surface area contributed by atoms with Gasteiger partial charge in [-0.25, -0.2) is 4.79 Å². The summed E-state index contributed by atoms with van der Waals surface area (Å²) in [6.45, 7) is 5.37. The van der Waals surface area contributed by atoms with Gasteiger partial charge >= 0.3 is 5.97 Å². The van der Waals surface area contributed by atoms with Crippen molar-refractivity contribution in [2.45, 2.75) is 33.3 Å². The summed E-state index contributed by atoms with van der Waals surface area (Å²) in [6.07, 6.45) is -0.289. The van der Waals surface area contributed by atoms with Crippen LogP contribution in [0.2, 0.25) is 0 Å². The average Bonchev–Trinajstić information content (AvgIpc) is 2.61. The summed E-state index contributed by atoms with van der Waals surface area (Å²) in [5.41, 5.74) is 2.78. The summed E-state index contributed by atoms with van der Waals surface area (Å²) in [7, 11) is 0. The van der Waals surface area contributed by atoms with E-state index in [1.807, 2.05) is 57.2 Å². The maximum Gasteiger partial charge on any atom is 0.347 e. The number of amides is 1. The number of para-hydroxylation sites is 1. The lowest BCUT2D eigenvalue weighted by Gasteiger charge is -2.16. The van der Waals surface area contributed by atoms with Gasteiger partial charge in [0, 0.05) is 5.69 Å². The quantitative estimate of drug-likeness (QED) is 0.781. The van der Waals surface area contributed by atoms with Crippen LogP contribution in [0.5, 0.6) is 5.75 Å². The molecule has 2 aromatic carbocycles. The summed E-state index contributed by atoms with van der Waals surface area (Å²) >= 11 is 0. The van der Waals surface area contributed by atoms with Crippen LogP contribution in [-0.2, 0) is 14.3 Å². The Bertz CT molecular complexity index is 728. The van der Waals surface area contributed by atoms with Gasteiger partial charge in [-0.3, -0.25) is 4.79 Å². The predicted molar refractivity (Wildman–Crippen MR) is 96.7 cm³/mol. The Labute approximate surface area is 148 Å². The maximum absolute atomic E-state index is 12.1. The lowest BCUT2D eigenvalue weighted by molar-refractivity contribution is -0.154. The van der Waals surface area contributed by atoms with E-state index in [1.165, 1.54) is 0 Å². The van der Waals surface area contributed by atoms with Crippen molar-refractivity contribution in [3.63, 3.8) is 0 Å². The lowest BCUT2D eigenvalue weighted by Crippen LogP contribution is -2.31. The van der Waals surface area contributed by atoms with Crippen LogP contribution in [0, 0.1) is 13.8 Å². The molecular formula is C20H23NO4. The van der Waals surface area contributed by atoms with Gasteiger partial charge in [-0.1, -0.05) is 42.8 Å². The van der Waals surface area contributed by atoms with Gasteiger partial charge in [-0.15, -0.1) is 0 Å². The molecule has 2 aromatic rings. The summed E-state index contributed by atoms with van der Waals surface area (Å²) in [6, 6.07) is 14.8. The molecule has 2 rings (SSSR count). The van der Waals surface area contributed by atoms with Crippen LogP contribution >= 0.6 is 0 Å². The van der Waals surface area contributed by atoms with Crippen molar-refractivity contribution < 1.29 is 19.1 Å². The van der Waals surface area contributed by atoms with E-state index < -0.39 is 12.1 Å². The topological polar surface area (TPSA) is 64.6 Å². The van der Waals surface area contributed by atoms with E-state index in [4.69, 9.17) is 9.47 Å². The van der Waals surface area contributed by atoms with Crippen molar-refractivity contribution in [2.75, 3.05) is 11.9 Å². The Hall–Kier alpha value is -2.82. The first-order valence-electron chi connectivity index (χ1n) is 8.25. The third-order valence-corrected chi connectivity index (χ3v) is 3.66. The first-order valence-corrected chi connectivity index (χ1v) is 8.25. The number of hydrogen-bond donors (Lipinski definition) is 1. The number of benzene rings is 2. The van der Waals surface area contributed by atoms with Crippen molar-refractivity contribution >= 4 is 17.6 Å². The zero-order valence-corrected chi connectivity index (χ0v) is 14.7. The third kappa shape index (κ3) is 5.64. The van der Waals surface area contributed by atoms with Crippen LogP contribution < -0.4 is 10.1 Å². The highest BCUT2D eigenvalue weighted by Gasteiger charge is 2.21. The van der Waals surface area contributed by atoms with Crippen LogP contribution in [0.4, 0.5) is 5.69 Å². The lowest BCUT2D eigenvalue weighted by atomic mass is 10.1. The number of nitrogens with one attached hydrogen (secondary N) is 1. The Morgan fingerprint density at radius 1 is 1.08 bits per heavy atom. The van der Waals surface area contributed by atoms with Crippen LogP contribution in [0.15, 0.2) is 48.5 Å². The SMILES string of the molecule is CC[C@H](Oc1ccccc1)C(=O)OCC(=O)Nc1ccc(C)cc1C. The molecule has 0 bridgehead atoms. The number of carbonyl (C=O) groups excluding carboxylic acids is 2. The van der Waals surface area contributed by atoms with Crippen molar-refractivity contribution in [1.29, 1.82) is 0 Å². The van der Waals surface area contributed by atoms with Crippen molar-refractivity contribution in [3.8, 4) is 5.75 Å². The van der Waals surface area contributed by atoms with Gasteiger partial charge in [-0.2, -0.15) is 0 Å². The van der Waals surface area contributed by atoms with E-state index in [9.17, 15) is 9.59 Å². The smallest absolute Gasteiger partial charge is 0.347 e. The molecular weight excluding hydrogens is 318 g/mol. The third-order valence-electron chi connectivity index (χ3n) is 3.66. The fourth-order valence-electron chi connectivity index (χ4n) is 2.33. The second-order valence-electron chi connectivity index (χ2n) is 5.80. The van der Waals surface area contributed by atoms with Gasteiger partial charge in [0.1, 0.15) is 5.75 Å². The predicted octanol–water partition coefficient (Wildman–Crippen LogP) is 3.64. The molecule has 25 heavy (non-hydrogen) atoms. The van der Waals surface area contributed by atoms with Crippen molar-refractivity contribution in [3.05, 3.63) is 59.7 Å². The van der Waals surface area contributed by atoms with Gasteiger partial charge in [0.15, 0.2) is 12.7 Å². The van der Waals surface area contributed by atoms with E-state index in [-0.39, 0.29) is 12.5 Å². The number of carbonyl (C=O) groups is 2. The second kappa shape index (κ2) is 8.87. The molecule has 5 heteroatoms. The number of anilines is 1. The molecule has 1 atom stereocenters. The molecule has 0 aliphatic rings. The summed E-state index contributed by atoms with van der Waals surface area (Å²) < 4.78 is 10.7. The zero-order chi connectivity index (χ0) is 18.2. The molecule has 0 unspecified atom stereocenters. The van der Waals surface area contributed by atoms with E-state index in [1.54, 1.807) is 12.1 Å². The highest BCUT2D eigenvalue weighted by Crippen LogP contribution is 2.16. The summed E-state index contributed by atoms with van der Waals surface area (Å²) in [4.78, 5) is 24.1. The standard InChI is InChI=1S/C20H23NO4/c1-4-18(25-16-8-6-5-7-9-16)20(23)24-13-19(22)21-17-11-10-14(2)12-15(17)3/h5-12,18H,4,13H2,1-3H3,(H,21,22)/t18-/m0/s1. The normalized spacial score (nSPS) is 11.5. The molecule has 0 heterocycles. The van der Waals surface area contributed by atoms with E-state index in [2.05, 4.69) is 5.32 Å². The van der Waals surface area contributed by atoms with Gasteiger partial charge in [0.2, 0.25) is 0 Å². The van der Waals surface area contributed by atoms with Crippen LogP contribution in [0.1, 0.15) is 24.5 Å². The Morgan fingerprint density at radius 2 is 1.80 bits per heavy atom. The molecule has 5 nitrogen and oxygen atoms in total. The monoisotopic (exact) mass is 341 g/mol. The fraction of sp³-hybridized carbons (Fsp3) is 0.300. The largest absolute Gasteiger partial charge is 0.479 e. The van der Waals surface area contributed by atoms with Gasteiger partial charge < -0.3 is 14.8 Å². The van der Waals surface area contributed by atoms with Crippen LogP contribution in [0.25, 0.3) is 0 Å². The molecule has 0 saturated heterocycles. The zero-order valence-electron chi connectivity index (χ0n) is 14.7. The molecule has 0 saturated carbocycles. The molecule has 132 valence electrons. The van der Waals surface area contributed by atoms with Gasteiger partial charge in [0.25, 0.3) is 5.91 Å². The van der Waals surface area contributed by atoms with Gasteiger partial charge in [0.05, 0.1) is 0 Å². The number of hydrogen-bond acceptors (Lipinski definition) is 4. The number of esters is 1. The van der Waals surface area contributed by atoms with Crippen molar-refractivity contribution in [1.82, 2.24) is 0 Å². The first kappa shape index (κ1) is 18.5.